The Morgan fingerprint density at radius 3 is 2.68 bits per heavy atom. The van der Waals surface area contributed by atoms with Crippen molar-refractivity contribution in [3.05, 3.63) is 28.8 Å². The van der Waals surface area contributed by atoms with Crippen LogP contribution >= 0.6 is 11.6 Å². The average Bonchev–Trinajstić information content (AvgIpc) is 2.78. The number of urea groups is 1. The molecule has 22 heavy (non-hydrogen) atoms. The molecule has 1 aliphatic heterocycles. The highest BCUT2D eigenvalue weighted by molar-refractivity contribution is 6.33. The molecule has 0 aliphatic carbocycles. The molecule has 1 aromatic carbocycles. The van der Waals surface area contributed by atoms with Gasteiger partial charge in [-0.3, -0.25) is 14.9 Å². The van der Waals surface area contributed by atoms with E-state index in [2.05, 4.69) is 15.4 Å². The standard InChI is InChI=1S/C13H12ClN3O5/c1-22-12(20)6-2-3-7(14)8(4-6)15-10(18)5-9-11(19)17-13(21)16-9/h2-4,9H,5H2,1H3,(H,15,18)(H2,16,17,19,21). The van der Waals surface area contributed by atoms with E-state index >= 15 is 0 Å². The summed E-state index contributed by atoms with van der Waals surface area (Å²) in [6.45, 7) is 0. The van der Waals surface area contributed by atoms with E-state index in [0.29, 0.717) is 0 Å². The second-order valence-corrected chi connectivity index (χ2v) is 4.86. The molecule has 0 spiro atoms. The van der Waals surface area contributed by atoms with Gasteiger partial charge in [-0.1, -0.05) is 11.6 Å². The lowest BCUT2D eigenvalue weighted by Crippen LogP contribution is -2.33. The molecule has 1 atom stereocenters. The quantitative estimate of drug-likeness (QED) is 0.556. The molecular weight excluding hydrogens is 314 g/mol. The number of amides is 4. The van der Waals surface area contributed by atoms with Gasteiger partial charge in [0.05, 0.1) is 29.8 Å². The molecule has 1 saturated heterocycles. The Morgan fingerprint density at radius 2 is 2.09 bits per heavy atom. The highest BCUT2D eigenvalue weighted by Gasteiger charge is 2.31. The van der Waals surface area contributed by atoms with Crippen LogP contribution in [0.15, 0.2) is 18.2 Å². The first-order valence-electron chi connectivity index (χ1n) is 6.20. The Bertz CT molecular complexity index is 661. The van der Waals surface area contributed by atoms with Crippen LogP contribution in [0.1, 0.15) is 16.8 Å². The van der Waals surface area contributed by atoms with Crippen LogP contribution in [0.4, 0.5) is 10.5 Å². The molecule has 3 N–H and O–H groups in total. The molecule has 9 heteroatoms. The van der Waals surface area contributed by atoms with Crippen molar-refractivity contribution in [3.63, 3.8) is 0 Å². The molecule has 1 heterocycles. The predicted molar refractivity (Wildman–Crippen MR) is 76.5 cm³/mol. The summed E-state index contributed by atoms with van der Waals surface area (Å²) in [5.74, 6) is -1.68. The average molecular weight is 326 g/mol. The number of hydrogen-bond acceptors (Lipinski definition) is 5. The number of hydrogen-bond donors (Lipinski definition) is 3. The third-order valence-electron chi connectivity index (χ3n) is 2.91. The Morgan fingerprint density at radius 1 is 1.36 bits per heavy atom. The maximum absolute atomic E-state index is 11.9. The third-order valence-corrected chi connectivity index (χ3v) is 3.24. The maximum Gasteiger partial charge on any atom is 0.337 e. The number of carbonyl (C=O) groups is 4. The van der Waals surface area contributed by atoms with E-state index in [9.17, 15) is 19.2 Å². The number of esters is 1. The number of methoxy groups -OCH3 is 1. The number of carbonyl (C=O) groups excluding carboxylic acids is 4. The summed E-state index contributed by atoms with van der Waals surface area (Å²) in [5.41, 5.74) is 0.424. The van der Waals surface area contributed by atoms with Crippen LogP contribution < -0.4 is 16.0 Å². The summed E-state index contributed by atoms with van der Waals surface area (Å²) < 4.78 is 4.57. The van der Waals surface area contributed by atoms with Crippen molar-refractivity contribution in [3.8, 4) is 0 Å². The molecule has 1 aliphatic rings. The molecule has 8 nitrogen and oxygen atoms in total. The molecule has 0 bridgehead atoms. The lowest BCUT2D eigenvalue weighted by molar-refractivity contribution is -0.124. The zero-order valence-corrected chi connectivity index (χ0v) is 12.2. The van der Waals surface area contributed by atoms with Crippen LogP contribution in [0.2, 0.25) is 5.02 Å². The number of halogens is 1. The smallest absolute Gasteiger partial charge is 0.337 e. The second kappa shape index (κ2) is 6.44. The van der Waals surface area contributed by atoms with E-state index < -0.39 is 29.9 Å². The van der Waals surface area contributed by atoms with Crippen LogP contribution in [0, 0.1) is 0 Å². The topological polar surface area (TPSA) is 114 Å². The van der Waals surface area contributed by atoms with Gasteiger partial charge in [0.15, 0.2) is 0 Å². The van der Waals surface area contributed by atoms with E-state index in [1.807, 2.05) is 5.32 Å². The number of ether oxygens (including phenoxy) is 1. The maximum atomic E-state index is 11.9. The third kappa shape index (κ3) is 3.53. The molecule has 1 unspecified atom stereocenters. The fraction of sp³-hybridized carbons (Fsp3) is 0.231. The molecule has 0 radical (unpaired) electrons. The van der Waals surface area contributed by atoms with Crippen molar-refractivity contribution < 1.29 is 23.9 Å². The number of rotatable bonds is 4. The second-order valence-electron chi connectivity index (χ2n) is 4.45. The minimum atomic E-state index is -0.935. The highest BCUT2D eigenvalue weighted by atomic mass is 35.5. The fourth-order valence-corrected chi connectivity index (χ4v) is 2.02. The Hall–Kier alpha value is -2.61. The monoisotopic (exact) mass is 325 g/mol. The Kier molecular flexibility index (Phi) is 4.62. The van der Waals surface area contributed by atoms with Crippen molar-refractivity contribution in [1.82, 2.24) is 10.6 Å². The van der Waals surface area contributed by atoms with Crippen molar-refractivity contribution in [1.29, 1.82) is 0 Å². The normalized spacial score (nSPS) is 16.7. The fourth-order valence-electron chi connectivity index (χ4n) is 1.86. The van der Waals surface area contributed by atoms with Gasteiger partial charge in [-0.25, -0.2) is 9.59 Å². The number of benzene rings is 1. The van der Waals surface area contributed by atoms with Crippen molar-refractivity contribution in [2.45, 2.75) is 12.5 Å². The number of imide groups is 1. The van der Waals surface area contributed by atoms with Crippen molar-refractivity contribution in [2.75, 3.05) is 12.4 Å². The molecule has 2 rings (SSSR count). The molecular formula is C13H12ClN3O5. The summed E-state index contributed by atoms with van der Waals surface area (Å²) in [5, 5.41) is 7.03. The number of nitrogens with one attached hydrogen (secondary N) is 3. The summed E-state index contributed by atoms with van der Waals surface area (Å²) >= 11 is 5.94. The van der Waals surface area contributed by atoms with E-state index in [0.717, 1.165) is 0 Å². The molecule has 116 valence electrons. The molecule has 0 aromatic heterocycles. The summed E-state index contributed by atoms with van der Waals surface area (Å²) in [6.07, 6.45) is -0.254. The van der Waals surface area contributed by atoms with Gasteiger partial charge in [0, 0.05) is 0 Å². The van der Waals surface area contributed by atoms with Crippen LogP contribution in [-0.4, -0.2) is 37.0 Å². The first-order valence-corrected chi connectivity index (χ1v) is 6.57. The molecule has 4 amide bonds. The summed E-state index contributed by atoms with van der Waals surface area (Å²) in [6, 6.07) is 2.67. The van der Waals surface area contributed by atoms with Crippen LogP contribution in [0.3, 0.4) is 0 Å². The first-order chi connectivity index (χ1) is 10.4. The van der Waals surface area contributed by atoms with E-state index in [4.69, 9.17) is 11.6 Å². The van der Waals surface area contributed by atoms with Crippen LogP contribution in [0.25, 0.3) is 0 Å². The minimum Gasteiger partial charge on any atom is -0.465 e. The summed E-state index contributed by atoms with van der Waals surface area (Å²) in [4.78, 5) is 45.7. The number of anilines is 1. The van der Waals surface area contributed by atoms with Gasteiger partial charge < -0.3 is 15.4 Å². The van der Waals surface area contributed by atoms with Gasteiger partial charge in [0.25, 0.3) is 5.91 Å². The van der Waals surface area contributed by atoms with Gasteiger partial charge in [-0.2, -0.15) is 0 Å². The van der Waals surface area contributed by atoms with Crippen molar-refractivity contribution in [2.24, 2.45) is 0 Å². The van der Waals surface area contributed by atoms with E-state index in [-0.39, 0.29) is 22.7 Å². The Balaban J connectivity index is 2.06. The van der Waals surface area contributed by atoms with Gasteiger partial charge in [0.2, 0.25) is 5.91 Å². The van der Waals surface area contributed by atoms with Gasteiger partial charge in [-0.05, 0) is 18.2 Å². The van der Waals surface area contributed by atoms with Gasteiger partial charge >= 0.3 is 12.0 Å². The molecule has 1 fully saturated rings. The SMILES string of the molecule is COC(=O)c1ccc(Cl)c(NC(=O)CC2NC(=O)NC2=O)c1. The first kappa shape index (κ1) is 15.8. The predicted octanol–water partition coefficient (Wildman–Crippen LogP) is 0.663. The zero-order chi connectivity index (χ0) is 16.3. The minimum absolute atomic E-state index is 0.208. The lowest BCUT2D eigenvalue weighted by Gasteiger charge is -2.10. The largest absolute Gasteiger partial charge is 0.465 e. The lowest BCUT2D eigenvalue weighted by atomic mass is 10.1. The highest BCUT2D eigenvalue weighted by Crippen LogP contribution is 2.23. The van der Waals surface area contributed by atoms with Gasteiger partial charge in [0.1, 0.15) is 6.04 Å². The summed E-state index contributed by atoms with van der Waals surface area (Å²) in [7, 11) is 1.23. The Labute approximate surface area is 130 Å². The van der Waals surface area contributed by atoms with E-state index in [1.54, 1.807) is 0 Å². The molecule has 1 aromatic rings. The van der Waals surface area contributed by atoms with Gasteiger partial charge in [-0.15, -0.1) is 0 Å². The van der Waals surface area contributed by atoms with Crippen LogP contribution in [0.5, 0.6) is 0 Å². The zero-order valence-electron chi connectivity index (χ0n) is 11.4. The molecule has 0 saturated carbocycles. The van der Waals surface area contributed by atoms with Crippen molar-refractivity contribution >= 4 is 41.1 Å². The van der Waals surface area contributed by atoms with Crippen LogP contribution in [-0.2, 0) is 14.3 Å². The van der Waals surface area contributed by atoms with E-state index in [1.165, 1.54) is 25.3 Å².